The van der Waals surface area contributed by atoms with Gasteiger partial charge in [-0.1, -0.05) is 40.9 Å². The van der Waals surface area contributed by atoms with Gasteiger partial charge in [-0.2, -0.15) is 18.3 Å². The third-order valence-corrected chi connectivity index (χ3v) is 4.99. The van der Waals surface area contributed by atoms with Gasteiger partial charge in [-0.3, -0.25) is 9.48 Å². The summed E-state index contributed by atoms with van der Waals surface area (Å²) in [6.07, 6.45) is -4.70. The number of benzene rings is 2. The van der Waals surface area contributed by atoms with Crippen molar-refractivity contribution in [3.8, 4) is 11.3 Å². The van der Waals surface area contributed by atoms with Crippen LogP contribution in [0.25, 0.3) is 11.3 Å². The van der Waals surface area contributed by atoms with Crippen LogP contribution in [0, 0.1) is 0 Å². The molecule has 0 unspecified atom stereocenters. The van der Waals surface area contributed by atoms with Gasteiger partial charge in [-0.05, 0) is 35.9 Å². The van der Waals surface area contributed by atoms with E-state index in [4.69, 9.17) is 34.8 Å². The number of halogens is 6. The van der Waals surface area contributed by atoms with E-state index < -0.39 is 17.3 Å². The Labute approximate surface area is 178 Å². The number of anilines is 1. The summed E-state index contributed by atoms with van der Waals surface area (Å²) in [5.41, 5.74) is -0.740. The molecule has 0 aliphatic carbocycles. The Balaban J connectivity index is 2.00. The number of nitrogens with one attached hydrogen (secondary N) is 1. The number of hydrogen-bond acceptors (Lipinski definition) is 3. The Kier molecular flexibility index (Phi) is 6.12. The molecular formula is C19H13Cl3F3N3O. The molecule has 0 radical (unpaired) electrons. The molecular weight excluding hydrogens is 450 g/mol. The largest absolute Gasteiger partial charge is 0.433 e. The van der Waals surface area contributed by atoms with Crippen molar-refractivity contribution in [2.45, 2.75) is 12.7 Å². The fraction of sp³-hybridized carbons (Fsp3) is 0.158. The van der Waals surface area contributed by atoms with E-state index in [1.807, 2.05) is 6.07 Å². The maximum Gasteiger partial charge on any atom is 0.433 e. The number of rotatable bonds is 4. The average molecular weight is 463 g/mol. The third kappa shape index (κ3) is 4.86. The highest BCUT2D eigenvalue weighted by molar-refractivity contribution is 6.36. The number of hydrogen-bond donors (Lipinski definition) is 1. The van der Waals surface area contributed by atoms with E-state index >= 15 is 0 Å². The number of aryl methyl sites for hydroxylation is 1. The molecule has 0 bridgehead atoms. The highest BCUT2D eigenvalue weighted by atomic mass is 35.5. The maximum absolute atomic E-state index is 13.0. The van der Waals surface area contributed by atoms with Crippen molar-refractivity contribution in [1.29, 1.82) is 0 Å². The van der Waals surface area contributed by atoms with Gasteiger partial charge in [-0.25, -0.2) is 0 Å². The number of nitrogens with zero attached hydrogens (tertiary/aromatic N) is 2. The van der Waals surface area contributed by atoms with Crippen LogP contribution in [-0.2, 0) is 19.8 Å². The van der Waals surface area contributed by atoms with Crippen LogP contribution in [0.2, 0.25) is 15.1 Å². The van der Waals surface area contributed by atoms with Crippen LogP contribution < -0.4 is 10.7 Å². The van der Waals surface area contributed by atoms with Crippen LogP contribution in [0.15, 0.2) is 47.3 Å². The van der Waals surface area contributed by atoms with Crippen molar-refractivity contribution in [2.24, 2.45) is 7.05 Å². The second-order valence-corrected chi connectivity index (χ2v) is 7.40. The second-order valence-electron chi connectivity index (χ2n) is 6.15. The van der Waals surface area contributed by atoms with Gasteiger partial charge in [-0.15, -0.1) is 0 Å². The fourth-order valence-electron chi connectivity index (χ4n) is 2.70. The van der Waals surface area contributed by atoms with Gasteiger partial charge < -0.3 is 5.32 Å². The Morgan fingerprint density at radius 1 is 1.07 bits per heavy atom. The van der Waals surface area contributed by atoms with Crippen molar-refractivity contribution < 1.29 is 13.2 Å². The normalized spacial score (nSPS) is 11.6. The lowest BCUT2D eigenvalue weighted by Crippen LogP contribution is -2.22. The van der Waals surface area contributed by atoms with Gasteiger partial charge in [0.15, 0.2) is 0 Å². The molecule has 3 rings (SSSR count). The van der Waals surface area contributed by atoms with E-state index in [0.29, 0.717) is 26.4 Å². The van der Waals surface area contributed by atoms with Gasteiger partial charge in [0.2, 0.25) is 5.43 Å². The van der Waals surface area contributed by atoms with Crippen LogP contribution >= 0.6 is 34.8 Å². The van der Waals surface area contributed by atoms with E-state index in [-0.39, 0.29) is 22.8 Å². The lowest BCUT2D eigenvalue weighted by atomic mass is 10.1. The molecule has 2 aromatic carbocycles. The minimum absolute atomic E-state index is 0.103. The van der Waals surface area contributed by atoms with Crippen LogP contribution in [0.1, 0.15) is 11.3 Å². The minimum Gasteiger partial charge on any atom is -0.381 e. The summed E-state index contributed by atoms with van der Waals surface area (Å²) in [6.45, 7) is 0.268. The second kappa shape index (κ2) is 8.26. The number of aromatic nitrogens is 2. The third-order valence-electron chi connectivity index (χ3n) is 4.09. The van der Waals surface area contributed by atoms with Gasteiger partial charge in [0.25, 0.3) is 0 Å². The Morgan fingerprint density at radius 3 is 2.45 bits per heavy atom. The van der Waals surface area contributed by atoms with Gasteiger partial charge in [0.1, 0.15) is 11.4 Å². The summed E-state index contributed by atoms with van der Waals surface area (Å²) in [6, 6.07) is 10.5. The maximum atomic E-state index is 13.0. The Hall–Kier alpha value is -2.22. The monoisotopic (exact) mass is 461 g/mol. The quantitative estimate of drug-likeness (QED) is 0.514. The molecule has 0 aliphatic rings. The first-order chi connectivity index (χ1) is 13.6. The molecule has 0 saturated carbocycles. The van der Waals surface area contributed by atoms with E-state index in [9.17, 15) is 18.0 Å². The standard InChI is InChI=1S/C19H13Cl3F3N3O/c1-28-17(19(23,24)25)8-16(29)18(27-28)13-5-10(14(21)7-15(13)22)9-26-12-4-2-3-11(20)6-12/h2-8,26H,9H2,1H3. The van der Waals surface area contributed by atoms with E-state index in [1.165, 1.54) is 12.1 Å². The zero-order valence-corrected chi connectivity index (χ0v) is 17.1. The Bertz CT molecular complexity index is 1130. The molecule has 152 valence electrons. The number of alkyl halides is 3. The zero-order chi connectivity index (χ0) is 21.3. The highest BCUT2D eigenvalue weighted by Gasteiger charge is 2.34. The lowest BCUT2D eigenvalue weighted by molar-refractivity contribution is -0.144. The molecule has 0 spiro atoms. The van der Waals surface area contributed by atoms with Gasteiger partial charge in [0.05, 0.1) is 5.02 Å². The summed E-state index contributed by atoms with van der Waals surface area (Å²) in [5, 5.41) is 7.91. The molecule has 0 atom stereocenters. The molecule has 3 aromatic rings. The molecule has 4 nitrogen and oxygen atoms in total. The van der Waals surface area contributed by atoms with E-state index in [1.54, 1.807) is 18.2 Å². The highest BCUT2D eigenvalue weighted by Crippen LogP contribution is 2.33. The molecule has 29 heavy (non-hydrogen) atoms. The average Bonchev–Trinajstić information content (AvgIpc) is 2.62. The van der Waals surface area contributed by atoms with E-state index in [2.05, 4.69) is 10.4 Å². The predicted octanol–water partition coefficient (Wildman–Crippen LogP) is 6.04. The summed E-state index contributed by atoms with van der Waals surface area (Å²) in [4.78, 5) is 12.3. The first-order valence-corrected chi connectivity index (χ1v) is 9.33. The van der Waals surface area contributed by atoms with Gasteiger partial charge >= 0.3 is 6.18 Å². The molecule has 0 aliphatic heterocycles. The van der Waals surface area contributed by atoms with Crippen LogP contribution in [0.3, 0.4) is 0 Å². The molecule has 1 heterocycles. The smallest absolute Gasteiger partial charge is 0.381 e. The minimum atomic E-state index is -4.70. The first-order valence-electron chi connectivity index (χ1n) is 8.19. The Morgan fingerprint density at radius 2 is 1.79 bits per heavy atom. The van der Waals surface area contributed by atoms with Gasteiger partial charge in [0, 0.05) is 41.0 Å². The van der Waals surface area contributed by atoms with Crippen molar-refractivity contribution in [2.75, 3.05) is 5.32 Å². The summed E-state index contributed by atoms with van der Waals surface area (Å²) >= 11 is 18.4. The first kappa shape index (κ1) is 21.5. The van der Waals surface area contributed by atoms with E-state index in [0.717, 1.165) is 12.7 Å². The van der Waals surface area contributed by atoms with Crippen LogP contribution in [0.5, 0.6) is 0 Å². The predicted molar refractivity (Wildman–Crippen MR) is 109 cm³/mol. The van der Waals surface area contributed by atoms with Crippen molar-refractivity contribution in [3.63, 3.8) is 0 Å². The summed E-state index contributed by atoms with van der Waals surface area (Å²) in [5.74, 6) is 0. The van der Waals surface area contributed by atoms with Crippen molar-refractivity contribution in [1.82, 2.24) is 9.78 Å². The van der Waals surface area contributed by atoms with Crippen molar-refractivity contribution >= 4 is 40.5 Å². The fourth-order valence-corrected chi connectivity index (χ4v) is 3.43. The summed E-state index contributed by atoms with van der Waals surface area (Å²) < 4.78 is 39.6. The zero-order valence-electron chi connectivity index (χ0n) is 14.8. The van der Waals surface area contributed by atoms with Crippen LogP contribution in [0.4, 0.5) is 18.9 Å². The molecule has 10 heteroatoms. The molecule has 0 saturated heterocycles. The molecule has 0 fully saturated rings. The molecule has 1 N–H and O–H groups in total. The lowest BCUT2D eigenvalue weighted by Gasteiger charge is -2.14. The summed E-state index contributed by atoms with van der Waals surface area (Å²) in [7, 11) is 1.11. The SMILES string of the molecule is Cn1nc(-c2cc(CNc3cccc(Cl)c3)c(Cl)cc2Cl)c(=O)cc1C(F)(F)F. The molecule has 0 amide bonds. The van der Waals surface area contributed by atoms with Crippen molar-refractivity contribution in [3.05, 3.63) is 79.0 Å². The molecule has 1 aromatic heterocycles. The topological polar surface area (TPSA) is 46.9 Å². The van der Waals surface area contributed by atoms with Crippen LogP contribution in [-0.4, -0.2) is 9.78 Å².